The molecule has 142 valence electrons. The number of rotatable bonds is 4. The van der Waals surface area contributed by atoms with Crippen LogP contribution in [0, 0.1) is 0 Å². The Morgan fingerprint density at radius 1 is 1.08 bits per heavy atom. The highest BCUT2D eigenvalue weighted by molar-refractivity contribution is 5.94. The van der Waals surface area contributed by atoms with Crippen molar-refractivity contribution >= 4 is 11.8 Å². The molecule has 3 rings (SSSR count). The summed E-state index contributed by atoms with van der Waals surface area (Å²) >= 11 is 0. The van der Waals surface area contributed by atoms with Gasteiger partial charge >= 0.3 is 0 Å². The van der Waals surface area contributed by atoms with Crippen molar-refractivity contribution in [1.29, 1.82) is 0 Å². The number of piperidine rings is 1. The SMILES string of the molecule is CC1CCCC(C)N1C(=O)COc1ccc(C(=O)N2CCNCC2)cc1. The fourth-order valence-corrected chi connectivity index (χ4v) is 3.88. The lowest BCUT2D eigenvalue weighted by atomic mass is 9.97. The molecule has 6 nitrogen and oxygen atoms in total. The molecule has 2 atom stereocenters. The quantitative estimate of drug-likeness (QED) is 0.892. The van der Waals surface area contributed by atoms with Gasteiger partial charge in [-0.1, -0.05) is 0 Å². The average Bonchev–Trinajstić information content (AvgIpc) is 2.67. The summed E-state index contributed by atoms with van der Waals surface area (Å²) in [5.74, 6) is 0.697. The molecule has 1 aromatic carbocycles. The molecular weight excluding hydrogens is 330 g/mol. The zero-order valence-corrected chi connectivity index (χ0v) is 15.7. The zero-order chi connectivity index (χ0) is 18.5. The Kier molecular flexibility index (Phi) is 6.14. The summed E-state index contributed by atoms with van der Waals surface area (Å²) in [4.78, 5) is 28.8. The van der Waals surface area contributed by atoms with E-state index < -0.39 is 0 Å². The van der Waals surface area contributed by atoms with Gasteiger partial charge < -0.3 is 19.9 Å². The van der Waals surface area contributed by atoms with E-state index in [9.17, 15) is 9.59 Å². The minimum absolute atomic E-state index is 0.0330. The second-order valence-electron chi connectivity index (χ2n) is 7.29. The summed E-state index contributed by atoms with van der Waals surface area (Å²) in [5.41, 5.74) is 0.656. The van der Waals surface area contributed by atoms with E-state index in [1.807, 2.05) is 9.80 Å². The Bertz CT molecular complexity index is 616. The van der Waals surface area contributed by atoms with Crippen LogP contribution in [0.2, 0.25) is 0 Å². The molecule has 6 heteroatoms. The fraction of sp³-hybridized carbons (Fsp3) is 0.600. The lowest BCUT2D eigenvalue weighted by Crippen LogP contribution is -2.49. The van der Waals surface area contributed by atoms with E-state index in [1.165, 1.54) is 6.42 Å². The highest BCUT2D eigenvalue weighted by Gasteiger charge is 2.29. The first-order valence-electron chi connectivity index (χ1n) is 9.60. The number of nitrogens with zero attached hydrogens (tertiary/aromatic N) is 2. The molecule has 0 aromatic heterocycles. The molecule has 0 spiro atoms. The van der Waals surface area contributed by atoms with Crippen LogP contribution in [0.4, 0.5) is 0 Å². The first-order chi connectivity index (χ1) is 12.6. The van der Waals surface area contributed by atoms with Crippen molar-refractivity contribution in [3.05, 3.63) is 29.8 Å². The Hall–Kier alpha value is -2.08. The first kappa shape index (κ1) is 18.7. The summed E-state index contributed by atoms with van der Waals surface area (Å²) in [6.07, 6.45) is 3.29. The first-order valence-corrected chi connectivity index (χ1v) is 9.60. The standard InChI is InChI=1S/C20H29N3O3/c1-15-4-3-5-16(2)23(15)19(24)14-26-18-8-6-17(7-9-18)20(25)22-12-10-21-11-13-22/h6-9,15-16,21H,3-5,10-14H2,1-2H3. The van der Waals surface area contributed by atoms with Crippen molar-refractivity contribution in [2.45, 2.75) is 45.2 Å². The van der Waals surface area contributed by atoms with Gasteiger partial charge in [0.2, 0.25) is 0 Å². The van der Waals surface area contributed by atoms with E-state index in [4.69, 9.17) is 4.74 Å². The molecule has 0 bridgehead atoms. The molecule has 2 fully saturated rings. The van der Waals surface area contributed by atoms with Gasteiger partial charge in [0.1, 0.15) is 5.75 Å². The Balaban J connectivity index is 1.54. The van der Waals surface area contributed by atoms with Crippen LogP contribution in [0.25, 0.3) is 0 Å². The Morgan fingerprint density at radius 3 is 2.31 bits per heavy atom. The molecule has 2 aliphatic rings. The summed E-state index contributed by atoms with van der Waals surface area (Å²) in [7, 11) is 0. The maximum atomic E-state index is 12.5. The van der Waals surface area contributed by atoms with E-state index in [0.717, 1.165) is 39.0 Å². The number of likely N-dealkylation sites (tertiary alicyclic amines) is 1. The van der Waals surface area contributed by atoms with Gasteiger partial charge in [-0.05, 0) is 57.4 Å². The van der Waals surface area contributed by atoms with Crippen molar-refractivity contribution in [3.8, 4) is 5.75 Å². The van der Waals surface area contributed by atoms with Gasteiger partial charge in [0.25, 0.3) is 11.8 Å². The van der Waals surface area contributed by atoms with Crippen LogP contribution in [0.3, 0.4) is 0 Å². The number of nitrogens with one attached hydrogen (secondary N) is 1. The van der Waals surface area contributed by atoms with Crippen molar-refractivity contribution in [1.82, 2.24) is 15.1 Å². The average molecular weight is 359 g/mol. The topological polar surface area (TPSA) is 61.9 Å². The summed E-state index contributed by atoms with van der Waals surface area (Å²) in [6.45, 7) is 7.38. The van der Waals surface area contributed by atoms with Crippen molar-refractivity contribution in [3.63, 3.8) is 0 Å². The Morgan fingerprint density at radius 2 is 1.69 bits per heavy atom. The maximum Gasteiger partial charge on any atom is 0.260 e. The number of carbonyl (C=O) groups excluding carboxylic acids is 2. The van der Waals surface area contributed by atoms with Gasteiger partial charge in [0.05, 0.1) is 0 Å². The number of hydrogen-bond donors (Lipinski definition) is 1. The van der Waals surface area contributed by atoms with E-state index in [0.29, 0.717) is 11.3 Å². The van der Waals surface area contributed by atoms with Crippen molar-refractivity contribution < 1.29 is 14.3 Å². The van der Waals surface area contributed by atoms with Crippen LogP contribution in [0.15, 0.2) is 24.3 Å². The molecule has 2 heterocycles. The number of carbonyl (C=O) groups is 2. The summed E-state index contributed by atoms with van der Waals surface area (Å²) < 4.78 is 5.67. The summed E-state index contributed by atoms with van der Waals surface area (Å²) in [5, 5.41) is 3.24. The molecular formula is C20H29N3O3. The van der Waals surface area contributed by atoms with Crippen molar-refractivity contribution in [2.75, 3.05) is 32.8 Å². The van der Waals surface area contributed by atoms with E-state index >= 15 is 0 Å². The number of amides is 2. The Labute approximate surface area is 155 Å². The largest absolute Gasteiger partial charge is 0.484 e. The molecule has 2 unspecified atom stereocenters. The fourth-order valence-electron chi connectivity index (χ4n) is 3.88. The lowest BCUT2D eigenvalue weighted by Gasteiger charge is -2.38. The van der Waals surface area contributed by atoms with Crippen LogP contribution < -0.4 is 10.1 Å². The molecule has 1 aromatic rings. The number of ether oxygens (including phenoxy) is 1. The van der Waals surface area contributed by atoms with Crippen LogP contribution in [0.1, 0.15) is 43.5 Å². The minimum Gasteiger partial charge on any atom is -0.484 e. The van der Waals surface area contributed by atoms with Gasteiger partial charge in [-0.2, -0.15) is 0 Å². The molecule has 1 N–H and O–H groups in total. The van der Waals surface area contributed by atoms with E-state index in [-0.39, 0.29) is 30.5 Å². The van der Waals surface area contributed by atoms with Crippen LogP contribution in [-0.2, 0) is 4.79 Å². The smallest absolute Gasteiger partial charge is 0.260 e. The van der Waals surface area contributed by atoms with E-state index in [2.05, 4.69) is 19.2 Å². The zero-order valence-electron chi connectivity index (χ0n) is 15.7. The molecule has 0 saturated carbocycles. The monoisotopic (exact) mass is 359 g/mol. The third-order valence-electron chi connectivity index (χ3n) is 5.35. The van der Waals surface area contributed by atoms with Gasteiger partial charge in [0, 0.05) is 43.8 Å². The third kappa shape index (κ3) is 4.36. The van der Waals surface area contributed by atoms with Crippen LogP contribution >= 0.6 is 0 Å². The van der Waals surface area contributed by atoms with Gasteiger partial charge in [-0.3, -0.25) is 9.59 Å². The second kappa shape index (κ2) is 8.54. The molecule has 2 saturated heterocycles. The molecule has 0 radical (unpaired) electrons. The van der Waals surface area contributed by atoms with Crippen LogP contribution in [-0.4, -0.2) is 66.5 Å². The molecule has 2 aliphatic heterocycles. The predicted octanol–water partition coefficient (Wildman–Crippen LogP) is 1.90. The van der Waals surface area contributed by atoms with Crippen LogP contribution in [0.5, 0.6) is 5.75 Å². The molecule has 26 heavy (non-hydrogen) atoms. The van der Waals surface area contributed by atoms with E-state index in [1.54, 1.807) is 24.3 Å². The van der Waals surface area contributed by atoms with Gasteiger partial charge in [-0.25, -0.2) is 0 Å². The van der Waals surface area contributed by atoms with Gasteiger partial charge in [-0.15, -0.1) is 0 Å². The number of piperazine rings is 1. The number of benzene rings is 1. The lowest BCUT2D eigenvalue weighted by molar-refractivity contribution is -0.139. The second-order valence-corrected chi connectivity index (χ2v) is 7.29. The summed E-state index contributed by atoms with van der Waals surface area (Å²) in [6, 6.07) is 7.63. The van der Waals surface area contributed by atoms with Gasteiger partial charge in [0.15, 0.2) is 6.61 Å². The highest BCUT2D eigenvalue weighted by atomic mass is 16.5. The third-order valence-corrected chi connectivity index (χ3v) is 5.35. The predicted molar refractivity (Wildman–Crippen MR) is 100 cm³/mol. The van der Waals surface area contributed by atoms with Crippen molar-refractivity contribution in [2.24, 2.45) is 0 Å². The normalized spacial score (nSPS) is 23.6. The maximum absolute atomic E-state index is 12.5. The molecule has 0 aliphatic carbocycles. The number of hydrogen-bond acceptors (Lipinski definition) is 4. The highest BCUT2D eigenvalue weighted by Crippen LogP contribution is 2.23. The minimum atomic E-state index is 0.0330. The molecule has 2 amide bonds.